The number of hydrogen-bond acceptors (Lipinski definition) is 6. The van der Waals surface area contributed by atoms with Crippen LogP contribution in [0.5, 0.6) is 11.5 Å². The zero-order valence-electron chi connectivity index (χ0n) is 14.5. The fourth-order valence-corrected chi connectivity index (χ4v) is 4.43. The lowest BCUT2D eigenvalue weighted by Crippen LogP contribution is -2.19. The summed E-state index contributed by atoms with van der Waals surface area (Å²) in [5.74, 6) is 1.05. The number of fused-ring (bicyclic) bond motifs is 1. The van der Waals surface area contributed by atoms with Crippen molar-refractivity contribution in [2.75, 3.05) is 19.0 Å². The quantitative estimate of drug-likeness (QED) is 0.495. The van der Waals surface area contributed by atoms with E-state index < -0.39 is 0 Å². The van der Waals surface area contributed by atoms with E-state index in [0.29, 0.717) is 11.5 Å². The summed E-state index contributed by atoms with van der Waals surface area (Å²) in [7, 11) is 1.59. The molecule has 1 N–H and O–H groups in total. The highest BCUT2D eigenvalue weighted by Gasteiger charge is 2.14. The van der Waals surface area contributed by atoms with Crippen LogP contribution in [0, 0.1) is 0 Å². The van der Waals surface area contributed by atoms with Gasteiger partial charge in [0.25, 0.3) is 5.91 Å². The highest BCUT2D eigenvalue weighted by atomic mass is 32.1. The Morgan fingerprint density at radius 1 is 1.11 bits per heavy atom. The van der Waals surface area contributed by atoms with E-state index in [-0.39, 0.29) is 12.5 Å². The molecule has 4 rings (SSSR count). The lowest BCUT2D eigenvalue weighted by molar-refractivity contribution is -0.118. The first-order chi connectivity index (χ1) is 13.2. The van der Waals surface area contributed by atoms with Gasteiger partial charge in [0.15, 0.2) is 6.61 Å². The number of hydrogen-bond donors (Lipinski definition) is 1. The molecule has 0 aliphatic rings. The first-order valence-corrected chi connectivity index (χ1v) is 9.93. The molecular weight excluding hydrogens is 380 g/mol. The van der Waals surface area contributed by atoms with Crippen LogP contribution in [-0.4, -0.2) is 24.6 Å². The lowest BCUT2D eigenvalue weighted by atomic mass is 10.3. The number of methoxy groups -OCH3 is 1. The van der Waals surface area contributed by atoms with Gasteiger partial charge in [-0.05, 0) is 35.7 Å². The molecule has 1 amide bonds. The van der Waals surface area contributed by atoms with E-state index in [1.165, 1.54) is 11.3 Å². The van der Waals surface area contributed by atoms with E-state index in [0.717, 1.165) is 25.8 Å². The summed E-state index contributed by atoms with van der Waals surface area (Å²) in [5.41, 5.74) is 1.89. The van der Waals surface area contributed by atoms with Crippen molar-refractivity contribution < 1.29 is 14.3 Å². The van der Waals surface area contributed by atoms with E-state index >= 15 is 0 Å². The molecule has 0 fully saturated rings. The summed E-state index contributed by atoms with van der Waals surface area (Å²) in [6.45, 7) is -0.0790. The van der Waals surface area contributed by atoms with Crippen molar-refractivity contribution in [3.8, 4) is 22.1 Å². The minimum atomic E-state index is -0.220. The molecular formula is C20H16N2O3S2. The number of aromatic nitrogens is 1. The zero-order valence-corrected chi connectivity index (χ0v) is 16.1. The molecule has 0 saturated heterocycles. The maximum Gasteiger partial charge on any atom is 0.262 e. The molecule has 0 aliphatic heterocycles. The molecule has 0 spiro atoms. The van der Waals surface area contributed by atoms with Crippen LogP contribution >= 0.6 is 22.7 Å². The molecule has 0 unspecified atom stereocenters. The number of carbonyl (C=O) groups excluding carboxylic acids is 1. The molecule has 27 heavy (non-hydrogen) atoms. The lowest BCUT2D eigenvalue weighted by Gasteiger charge is -2.08. The number of ether oxygens (including phenoxy) is 2. The SMILES string of the molecule is COc1cccc(OCC(=O)Nc2sccc2-c2nc3ccccc3s2)c1. The van der Waals surface area contributed by atoms with Gasteiger partial charge in [-0.1, -0.05) is 18.2 Å². The van der Waals surface area contributed by atoms with Gasteiger partial charge in [0.1, 0.15) is 21.5 Å². The van der Waals surface area contributed by atoms with E-state index in [2.05, 4.69) is 10.3 Å². The van der Waals surface area contributed by atoms with Gasteiger partial charge in [-0.3, -0.25) is 4.79 Å². The normalized spacial score (nSPS) is 10.7. The Bertz CT molecular complexity index is 1050. The molecule has 136 valence electrons. The Balaban J connectivity index is 1.45. The average Bonchev–Trinajstić information content (AvgIpc) is 3.32. The molecule has 5 nitrogen and oxygen atoms in total. The van der Waals surface area contributed by atoms with Gasteiger partial charge < -0.3 is 14.8 Å². The third kappa shape index (κ3) is 3.94. The van der Waals surface area contributed by atoms with Crippen molar-refractivity contribution in [2.24, 2.45) is 0 Å². The summed E-state index contributed by atoms with van der Waals surface area (Å²) in [6, 6.07) is 17.1. The third-order valence-corrected chi connectivity index (χ3v) is 5.75. The fraction of sp³-hybridized carbons (Fsp3) is 0.100. The number of carbonyl (C=O) groups is 1. The largest absolute Gasteiger partial charge is 0.497 e. The summed E-state index contributed by atoms with van der Waals surface area (Å²) in [5, 5.41) is 6.53. The number of benzene rings is 2. The molecule has 0 bridgehead atoms. The smallest absolute Gasteiger partial charge is 0.262 e. The number of para-hydroxylation sites is 1. The van der Waals surface area contributed by atoms with E-state index in [4.69, 9.17) is 9.47 Å². The second-order valence-corrected chi connectivity index (χ2v) is 7.61. The fourth-order valence-electron chi connectivity index (χ4n) is 2.56. The topological polar surface area (TPSA) is 60.5 Å². The Morgan fingerprint density at radius 3 is 2.81 bits per heavy atom. The summed E-state index contributed by atoms with van der Waals surface area (Å²) in [6.07, 6.45) is 0. The number of nitrogens with one attached hydrogen (secondary N) is 1. The van der Waals surface area contributed by atoms with E-state index in [9.17, 15) is 4.79 Å². The first kappa shape index (κ1) is 17.5. The Morgan fingerprint density at radius 2 is 1.96 bits per heavy atom. The van der Waals surface area contributed by atoms with Crippen LogP contribution in [0.4, 0.5) is 5.00 Å². The van der Waals surface area contributed by atoms with Crippen LogP contribution < -0.4 is 14.8 Å². The Labute approximate surface area is 164 Å². The van der Waals surface area contributed by atoms with Crippen LogP contribution in [0.25, 0.3) is 20.8 Å². The van der Waals surface area contributed by atoms with Crippen LogP contribution in [0.1, 0.15) is 0 Å². The van der Waals surface area contributed by atoms with Crippen LogP contribution in [0.3, 0.4) is 0 Å². The summed E-state index contributed by atoms with van der Waals surface area (Å²) >= 11 is 3.08. The van der Waals surface area contributed by atoms with Gasteiger partial charge in [0, 0.05) is 11.6 Å². The van der Waals surface area contributed by atoms with Crippen LogP contribution in [-0.2, 0) is 4.79 Å². The summed E-state index contributed by atoms with van der Waals surface area (Å²) < 4.78 is 11.8. The monoisotopic (exact) mass is 396 g/mol. The first-order valence-electron chi connectivity index (χ1n) is 8.23. The number of thiazole rings is 1. The molecule has 0 atom stereocenters. The maximum atomic E-state index is 12.3. The molecule has 4 aromatic rings. The van der Waals surface area contributed by atoms with Gasteiger partial charge in [-0.15, -0.1) is 22.7 Å². The van der Waals surface area contributed by atoms with Gasteiger partial charge >= 0.3 is 0 Å². The molecule has 0 radical (unpaired) electrons. The second-order valence-electron chi connectivity index (χ2n) is 5.67. The number of thiophene rings is 1. The van der Waals surface area contributed by atoms with Crippen molar-refractivity contribution in [3.63, 3.8) is 0 Å². The van der Waals surface area contributed by atoms with E-state index in [1.54, 1.807) is 30.6 Å². The van der Waals surface area contributed by atoms with Crippen molar-refractivity contribution in [2.45, 2.75) is 0 Å². The second kappa shape index (κ2) is 7.77. The zero-order chi connectivity index (χ0) is 18.6. The number of rotatable bonds is 6. The van der Waals surface area contributed by atoms with Gasteiger partial charge in [-0.25, -0.2) is 4.98 Å². The van der Waals surface area contributed by atoms with Crippen molar-refractivity contribution >= 4 is 43.8 Å². The minimum Gasteiger partial charge on any atom is -0.497 e. The van der Waals surface area contributed by atoms with E-state index in [1.807, 2.05) is 47.8 Å². The highest BCUT2D eigenvalue weighted by molar-refractivity contribution is 7.22. The Hall–Kier alpha value is -2.90. The molecule has 2 aromatic heterocycles. The van der Waals surface area contributed by atoms with Gasteiger partial charge in [0.2, 0.25) is 0 Å². The number of nitrogens with zero attached hydrogens (tertiary/aromatic N) is 1. The average molecular weight is 396 g/mol. The predicted octanol–water partition coefficient (Wildman–Crippen LogP) is 5.05. The standard InChI is InChI=1S/C20H16N2O3S2/c1-24-13-5-4-6-14(11-13)25-12-18(23)22-19-15(9-10-26-19)20-21-16-7-2-3-8-17(16)27-20/h2-11H,12H2,1H3,(H,22,23). The predicted molar refractivity (Wildman–Crippen MR) is 110 cm³/mol. The third-order valence-electron chi connectivity index (χ3n) is 3.85. The number of anilines is 1. The summed E-state index contributed by atoms with van der Waals surface area (Å²) in [4.78, 5) is 17.0. The molecule has 2 aromatic carbocycles. The molecule has 0 aliphatic carbocycles. The molecule has 7 heteroatoms. The minimum absolute atomic E-state index is 0.0790. The van der Waals surface area contributed by atoms with Gasteiger partial charge in [-0.2, -0.15) is 0 Å². The molecule has 2 heterocycles. The highest BCUT2D eigenvalue weighted by Crippen LogP contribution is 2.37. The Kier molecular flexibility index (Phi) is 5.04. The van der Waals surface area contributed by atoms with Crippen molar-refractivity contribution in [1.29, 1.82) is 0 Å². The van der Waals surface area contributed by atoms with Crippen molar-refractivity contribution in [3.05, 3.63) is 60.0 Å². The molecule has 0 saturated carbocycles. The van der Waals surface area contributed by atoms with Crippen LogP contribution in [0.15, 0.2) is 60.0 Å². The van der Waals surface area contributed by atoms with Gasteiger partial charge in [0.05, 0.1) is 17.3 Å². The number of amides is 1. The maximum absolute atomic E-state index is 12.3. The van der Waals surface area contributed by atoms with Crippen LogP contribution in [0.2, 0.25) is 0 Å². The van der Waals surface area contributed by atoms with Crippen molar-refractivity contribution in [1.82, 2.24) is 4.98 Å².